The molecule has 0 aromatic rings. The monoisotopic (exact) mass is 414 g/mol. The van der Waals surface area contributed by atoms with Crippen molar-refractivity contribution < 1.29 is 9.90 Å². The molecule has 0 amide bonds. The summed E-state index contributed by atoms with van der Waals surface area (Å²) in [7, 11) is 0. The zero-order valence-electron chi connectivity index (χ0n) is 20.5. The maximum atomic E-state index is 12.0. The Labute approximate surface area is 185 Å². The van der Waals surface area contributed by atoms with E-state index in [1.165, 1.54) is 51.4 Å². The Morgan fingerprint density at radius 3 is 1.90 bits per heavy atom. The number of hydrogen-bond donors (Lipinski definition) is 1. The molecule has 0 unspecified atom stereocenters. The van der Waals surface area contributed by atoms with Gasteiger partial charge in [-0.2, -0.15) is 0 Å². The van der Waals surface area contributed by atoms with Crippen molar-refractivity contribution in [2.24, 2.45) is 56.7 Å². The molecule has 2 nitrogen and oxygen atoms in total. The molecule has 0 saturated heterocycles. The van der Waals surface area contributed by atoms with Crippen molar-refractivity contribution in [1.29, 1.82) is 0 Å². The average Bonchev–Trinajstić information content (AvgIpc) is 2.99. The standard InChI is InChI=1S/C28H46O2/c1-24(2)13-7-14-26(4)20(24)12-17-28(6)22(26)9-8-21-25(3)15-10-18(23(29)30)19(25)11-16-27(21,28)5/h18-22H,7-17H2,1-6H3,(H,29,30)/t18-,19+,20-,21+,22+,25-,26-,27+,28+/m0/s1. The molecule has 5 saturated carbocycles. The van der Waals surface area contributed by atoms with Gasteiger partial charge in [-0.15, -0.1) is 0 Å². The summed E-state index contributed by atoms with van der Waals surface area (Å²) in [6.07, 6.45) is 14.3. The van der Waals surface area contributed by atoms with E-state index in [0.29, 0.717) is 33.5 Å². The topological polar surface area (TPSA) is 37.3 Å². The van der Waals surface area contributed by atoms with Crippen LogP contribution in [0.25, 0.3) is 0 Å². The van der Waals surface area contributed by atoms with Crippen LogP contribution in [-0.4, -0.2) is 11.1 Å². The van der Waals surface area contributed by atoms with Gasteiger partial charge in [-0.25, -0.2) is 0 Å². The van der Waals surface area contributed by atoms with Crippen molar-refractivity contribution in [3.8, 4) is 0 Å². The van der Waals surface area contributed by atoms with Crippen molar-refractivity contribution >= 4 is 5.97 Å². The number of hydrogen-bond acceptors (Lipinski definition) is 1. The lowest BCUT2D eigenvalue weighted by Crippen LogP contribution is -2.65. The first kappa shape index (κ1) is 21.3. The van der Waals surface area contributed by atoms with Crippen LogP contribution in [-0.2, 0) is 4.79 Å². The van der Waals surface area contributed by atoms with Gasteiger partial charge in [-0.05, 0) is 115 Å². The molecule has 30 heavy (non-hydrogen) atoms. The second-order valence-corrected chi connectivity index (χ2v) is 14.1. The summed E-state index contributed by atoms with van der Waals surface area (Å²) in [5, 5.41) is 9.88. The fourth-order valence-electron chi connectivity index (χ4n) is 11.6. The van der Waals surface area contributed by atoms with E-state index in [2.05, 4.69) is 41.5 Å². The zero-order chi connectivity index (χ0) is 21.7. The van der Waals surface area contributed by atoms with Gasteiger partial charge in [0.05, 0.1) is 5.92 Å². The van der Waals surface area contributed by atoms with E-state index in [0.717, 1.165) is 31.1 Å². The number of fused-ring (bicyclic) bond motifs is 7. The smallest absolute Gasteiger partial charge is 0.306 e. The van der Waals surface area contributed by atoms with Gasteiger partial charge < -0.3 is 5.11 Å². The molecule has 0 aromatic heterocycles. The summed E-state index contributed by atoms with van der Waals surface area (Å²) in [6.45, 7) is 15.7. The SMILES string of the molecule is CC1(C)CCC[C@]2(C)[C@H]3CC[C@@H]4[C@@]5(C)CC[C@H](C(=O)O)[C@H]5CC[C@@]4(C)[C@]3(C)CC[C@@H]12. The Balaban J connectivity index is 1.53. The Morgan fingerprint density at radius 1 is 0.667 bits per heavy atom. The molecule has 0 radical (unpaired) electrons. The lowest BCUT2D eigenvalue weighted by molar-refractivity contribution is -0.241. The van der Waals surface area contributed by atoms with Crippen molar-refractivity contribution in [3.05, 3.63) is 0 Å². The number of carbonyl (C=O) groups is 1. The molecule has 5 fully saturated rings. The number of rotatable bonds is 1. The maximum absolute atomic E-state index is 12.0. The number of carboxylic acids is 1. The quantitative estimate of drug-likeness (QED) is 0.480. The van der Waals surface area contributed by atoms with E-state index in [1.807, 2.05) is 0 Å². The molecule has 5 aliphatic carbocycles. The van der Waals surface area contributed by atoms with Crippen LogP contribution >= 0.6 is 0 Å². The second kappa shape index (κ2) is 6.28. The van der Waals surface area contributed by atoms with Crippen LogP contribution in [0.15, 0.2) is 0 Å². The summed E-state index contributed by atoms with van der Waals surface area (Å²) in [4.78, 5) is 12.0. The van der Waals surface area contributed by atoms with Crippen molar-refractivity contribution in [3.63, 3.8) is 0 Å². The Hall–Kier alpha value is -0.530. The van der Waals surface area contributed by atoms with Crippen LogP contribution in [0.3, 0.4) is 0 Å². The van der Waals surface area contributed by atoms with Crippen LogP contribution in [0, 0.1) is 56.7 Å². The van der Waals surface area contributed by atoms with Gasteiger partial charge in [0.1, 0.15) is 0 Å². The molecule has 5 aliphatic rings. The highest BCUT2D eigenvalue weighted by Gasteiger charge is 2.70. The maximum Gasteiger partial charge on any atom is 0.306 e. The van der Waals surface area contributed by atoms with Crippen molar-refractivity contribution in [2.75, 3.05) is 0 Å². The number of aliphatic carboxylic acids is 1. The van der Waals surface area contributed by atoms with Gasteiger partial charge in [0.2, 0.25) is 0 Å². The third-order valence-electron chi connectivity index (χ3n) is 13.0. The predicted molar refractivity (Wildman–Crippen MR) is 122 cm³/mol. The van der Waals surface area contributed by atoms with Gasteiger partial charge in [-0.3, -0.25) is 4.79 Å². The van der Waals surface area contributed by atoms with Gasteiger partial charge in [0.25, 0.3) is 0 Å². The fraction of sp³-hybridized carbons (Fsp3) is 0.964. The first-order chi connectivity index (χ1) is 13.9. The van der Waals surface area contributed by atoms with E-state index >= 15 is 0 Å². The van der Waals surface area contributed by atoms with E-state index in [9.17, 15) is 9.90 Å². The minimum Gasteiger partial charge on any atom is -0.481 e. The molecule has 1 N–H and O–H groups in total. The molecule has 0 heterocycles. The van der Waals surface area contributed by atoms with E-state index in [-0.39, 0.29) is 11.3 Å². The molecule has 170 valence electrons. The van der Waals surface area contributed by atoms with Crippen LogP contribution in [0.2, 0.25) is 0 Å². The number of carboxylic acid groups (broad SMARTS) is 1. The van der Waals surface area contributed by atoms with Gasteiger partial charge in [-0.1, -0.05) is 48.0 Å². The second-order valence-electron chi connectivity index (χ2n) is 14.1. The largest absolute Gasteiger partial charge is 0.481 e. The molecule has 9 atom stereocenters. The summed E-state index contributed by atoms with van der Waals surface area (Å²) in [5.41, 5.74) is 2.04. The summed E-state index contributed by atoms with van der Waals surface area (Å²) in [6, 6.07) is 0. The molecule has 0 spiro atoms. The minimum atomic E-state index is -0.523. The van der Waals surface area contributed by atoms with Gasteiger partial charge >= 0.3 is 5.97 Å². The molecule has 2 heteroatoms. The normalized spacial score (nSPS) is 56.9. The average molecular weight is 415 g/mol. The van der Waals surface area contributed by atoms with Crippen LogP contribution in [0.4, 0.5) is 0 Å². The zero-order valence-corrected chi connectivity index (χ0v) is 20.5. The minimum absolute atomic E-state index is 0.0857. The Kier molecular flexibility index (Phi) is 4.47. The Bertz CT molecular complexity index is 741. The highest BCUT2D eigenvalue weighted by Crippen LogP contribution is 2.77. The fourth-order valence-corrected chi connectivity index (χ4v) is 11.6. The van der Waals surface area contributed by atoms with E-state index in [4.69, 9.17) is 0 Å². The van der Waals surface area contributed by atoms with Gasteiger partial charge in [0, 0.05) is 0 Å². The van der Waals surface area contributed by atoms with Gasteiger partial charge in [0.15, 0.2) is 0 Å². The van der Waals surface area contributed by atoms with Crippen molar-refractivity contribution in [2.45, 2.75) is 112 Å². The first-order valence-electron chi connectivity index (χ1n) is 13.1. The van der Waals surface area contributed by atoms with Crippen LogP contribution in [0.1, 0.15) is 112 Å². The molecule has 0 aliphatic heterocycles. The summed E-state index contributed by atoms with van der Waals surface area (Å²) < 4.78 is 0. The van der Waals surface area contributed by atoms with E-state index in [1.54, 1.807) is 0 Å². The third-order valence-corrected chi connectivity index (χ3v) is 13.0. The summed E-state index contributed by atoms with van der Waals surface area (Å²) in [5.74, 6) is 2.25. The molecule has 5 rings (SSSR count). The van der Waals surface area contributed by atoms with Crippen LogP contribution in [0.5, 0.6) is 0 Å². The first-order valence-corrected chi connectivity index (χ1v) is 13.1. The highest BCUT2D eigenvalue weighted by atomic mass is 16.4. The van der Waals surface area contributed by atoms with Crippen LogP contribution < -0.4 is 0 Å². The predicted octanol–water partition coefficient (Wildman–Crippen LogP) is 7.56. The Morgan fingerprint density at radius 2 is 1.27 bits per heavy atom. The highest BCUT2D eigenvalue weighted by molar-refractivity contribution is 5.71. The molecular formula is C28H46O2. The van der Waals surface area contributed by atoms with Crippen molar-refractivity contribution in [1.82, 2.24) is 0 Å². The molecular weight excluding hydrogens is 368 g/mol. The summed E-state index contributed by atoms with van der Waals surface area (Å²) >= 11 is 0. The lowest BCUT2D eigenvalue weighted by atomic mass is 9.32. The molecule has 0 bridgehead atoms. The third kappa shape index (κ3) is 2.40. The molecule has 0 aromatic carbocycles. The lowest BCUT2D eigenvalue weighted by Gasteiger charge is -2.73. The van der Waals surface area contributed by atoms with E-state index < -0.39 is 5.97 Å².